The number of carboxylic acids is 1. The molecule has 8 heteroatoms. The Morgan fingerprint density at radius 2 is 1.65 bits per heavy atom. The van der Waals surface area contributed by atoms with Crippen molar-refractivity contribution in [2.45, 2.75) is 24.7 Å². The van der Waals surface area contributed by atoms with Crippen LogP contribution in [0.15, 0.2) is 59.5 Å². The van der Waals surface area contributed by atoms with Crippen LogP contribution in [0.1, 0.15) is 18.4 Å². The molecule has 0 saturated carbocycles. The van der Waals surface area contributed by atoms with Crippen LogP contribution in [0.25, 0.3) is 0 Å². The van der Waals surface area contributed by atoms with E-state index in [2.05, 4.69) is 10.6 Å². The maximum Gasteiger partial charge on any atom is 0.307 e. The lowest BCUT2D eigenvalue weighted by Gasteiger charge is -2.24. The summed E-state index contributed by atoms with van der Waals surface area (Å²) in [6, 6.07) is 12.5. The predicted octanol–water partition coefficient (Wildman–Crippen LogP) is 4.98. The van der Waals surface area contributed by atoms with Gasteiger partial charge in [0.2, 0.25) is 11.8 Å². The van der Waals surface area contributed by atoms with Gasteiger partial charge in [-0.3, -0.25) is 14.4 Å². The van der Waals surface area contributed by atoms with Gasteiger partial charge >= 0.3 is 5.97 Å². The molecule has 0 aliphatic heterocycles. The summed E-state index contributed by atoms with van der Waals surface area (Å²) in [7, 11) is 0. The molecule has 1 aliphatic carbocycles. The van der Waals surface area contributed by atoms with Crippen molar-refractivity contribution in [3.8, 4) is 0 Å². The van der Waals surface area contributed by atoms with Crippen LogP contribution < -0.4 is 10.6 Å². The van der Waals surface area contributed by atoms with E-state index in [1.54, 1.807) is 30.3 Å². The highest BCUT2D eigenvalue weighted by atomic mass is 35.5. The first kappa shape index (κ1) is 22.9. The number of carbonyl (C=O) groups is 3. The lowest BCUT2D eigenvalue weighted by Crippen LogP contribution is -2.34. The minimum atomic E-state index is -0.956. The lowest BCUT2D eigenvalue weighted by molar-refractivity contribution is -0.146. The fraction of sp³-hybridized carbons (Fsp3) is 0.261. The molecule has 2 atom stereocenters. The normalized spacial score (nSPS) is 17.7. The molecule has 0 heterocycles. The first-order valence-corrected chi connectivity index (χ1v) is 11.2. The van der Waals surface area contributed by atoms with Crippen LogP contribution in [0, 0.1) is 18.8 Å². The molecule has 3 N–H and O–H groups in total. The number of thioether (sulfide) groups is 1. The minimum Gasteiger partial charge on any atom is -0.481 e. The fourth-order valence-corrected chi connectivity index (χ4v) is 4.14. The number of amides is 2. The Kier molecular flexibility index (Phi) is 7.76. The third-order valence-corrected chi connectivity index (χ3v) is 6.45. The van der Waals surface area contributed by atoms with Crippen LogP contribution in [0.4, 0.5) is 11.4 Å². The topological polar surface area (TPSA) is 95.5 Å². The van der Waals surface area contributed by atoms with Gasteiger partial charge in [0.15, 0.2) is 0 Å². The van der Waals surface area contributed by atoms with Crippen LogP contribution in [0.5, 0.6) is 0 Å². The molecular formula is C23H23ClN2O4S. The Balaban J connectivity index is 1.51. The molecule has 0 unspecified atom stereocenters. The Hall–Kier alpha value is -2.77. The van der Waals surface area contributed by atoms with Gasteiger partial charge in [0.25, 0.3) is 0 Å². The summed E-state index contributed by atoms with van der Waals surface area (Å²) in [5.41, 5.74) is 2.18. The second kappa shape index (κ2) is 10.5. The number of carbonyl (C=O) groups excluding carboxylic acids is 2. The van der Waals surface area contributed by atoms with E-state index < -0.39 is 17.8 Å². The van der Waals surface area contributed by atoms with Gasteiger partial charge < -0.3 is 15.7 Å². The predicted molar refractivity (Wildman–Crippen MR) is 124 cm³/mol. The van der Waals surface area contributed by atoms with E-state index >= 15 is 0 Å². The number of rotatable bonds is 7. The van der Waals surface area contributed by atoms with Gasteiger partial charge in [-0.2, -0.15) is 0 Å². The van der Waals surface area contributed by atoms with Crippen LogP contribution in [0.3, 0.4) is 0 Å². The number of hydrogen-bond donors (Lipinski definition) is 3. The number of carboxylic acid groups (broad SMARTS) is 1. The molecule has 31 heavy (non-hydrogen) atoms. The Morgan fingerprint density at radius 1 is 1.00 bits per heavy atom. The van der Waals surface area contributed by atoms with Crippen LogP contribution in [-0.2, 0) is 14.4 Å². The number of benzene rings is 2. The number of nitrogens with one attached hydrogen (secondary N) is 2. The second-order valence-corrected chi connectivity index (χ2v) is 8.76. The van der Waals surface area contributed by atoms with Crippen molar-refractivity contribution in [3.63, 3.8) is 0 Å². The number of aliphatic carboxylic acids is 1. The molecule has 0 bridgehead atoms. The monoisotopic (exact) mass is 458 g/mol. The summed E-state index contributed by atoms with van der Waals surface area (Å²) in [4.78, 5) is 37.0. The van der Waals surface area contributed by atoms with E-state index in [1.165, 1.54) is 11.8 Å². The molecule has 2 aromatic rings. The van der Waals surface area contributed by atoms with Gasteiger partial charge in [-0.25, -0.2) is 0 Å². The highest BCUT2D eigenvalue weighted by molar-refractivity contribution is 8.00. The average Bonchev–Trinajstić information content (AvgIpc) is 2.76. The van der Waals surface area contributed by atoms with Crippen molar-refractivity contribution in [2.24, 2.45) is 11.8 Å². The third-order valence-electron chi connectivity index (χ3n) is 5.03. The van der Waals surface area contributed by atoms with Crippen molar-refractivity contribution in [2.75, 3.05) is 16.4 Å². The fourth-order valence-electron chi connectivity index (χ4n) is 3.26. The molecular weight excluding hydrogens is 436 g/mol. The average molecular weight is 459 g/mol. The summed E-state index contributed by atoms with van der Waals surface area (Å²) < 4.78 is 0. The molecule has 162 valence electrons. The molecule has 0 spiro atoms. The standard InChI is InChI=1S/C23H23ClN2O4S/c1-14-6-7-16(12-20(14)24)25-21(27)13-31-17-10-8-15(9-11-17)26-22(28)18-4-2-3-5-19(18)23(29)30/h2-3,6-12,18-19H,4-5,13H2,1H3,(H,25,27)(H,26,28)(H,29,30)/t18-,19+/m0/s1. The van der Waals surface area contributed by atoms with Gasteiger partial charge in [-0.05, 0) is 61.7 Å². The van der Waals surface area contributed by atoms with E-state index in [0.29, 0.717) is 29.2 Å². The lowest BCUT2D eigenvalue weighted by atomic mass is 9.82. The maximum absolute atomic E-state index is 12.5. The smallest absolute Gasteiger partial charge is 0.307 e. The SMILES string of the molecule is Cc1ccc(NC(=O)CSc2ccc(NC(=O)[C@H]3CC=CC[C@H]3C(=O)O)cc2)cc1Cl. The van der Waals surface area contributed by atoms with Crippen molar-refractivity contribution in [3.05, 3.63) is 65.2 Å². The Bertz CT molecular complexity index is 1010. The van der Waals surface area contributed by atoms with Crippen LogP contribution in [-0.4, -0.2) is 28.6 Å². The zero-order valence-electron chi connectivity index (χ0n) is 16.9. The minimum absolute atomic E-state index is 0.146. The van der Waals surface area contributed by atoms with Crippen molar-refractivity contribution in [1.82, 2.24) is 0 Å². The van der Waals surface area contributed by atoms with Gasteiger partial charge in [0, 0.05) is 21.3 Å². The molecule has 3 rings (SSSR count). The zero-order chi connectivity index (χ0) is 22.4. The van der Waals surface area contributed by atoms with Crippen molar-refractivity contribution < 1.29 is 19.5 Å². The maximum atomic E-state index is 12.5. The van der Waals surface area contributed by atoms with E-state index in [4.69, 9.17) is 11.6 Å². The first-order chi connectivity index (χ1) is 14.8. The molecule has 0 aromatic heterocycles. The van der Waals surface area contributed by atoms with Crippen molar-refractivity contribution in [1.29, 1.82) is 0 Å². The van der Waals surface area contributed by atoms with Gasteiger partial charge in [0.05, 0.1) is 17.6 Å². The molecule has 0 fully saturated rings. The number of halogens is 1. The van der Waals surface area contributed by atoms with Crippen LogP contribution >= 0.6 is 23.4 Å². The molecule has 2 aromatic carbocycles. The Morgan fingerprint density at radius 3 is 2.29 bits per heavy atom. The van der Waals surface area contributed by atoms with Gasteiger partial charge in [-0.15, -0.1) is 11.8 Å². The molecule has 6 nitrogen and oxygen atoms in total. The molecule has 0 radical (unpaired) electrons. The van der Waals surface area contributed by atoms with E-state index in [-0.39, 0.29) is 17.6 Å². The molecule has 0 saturated heterocycles. The summed E-state index contributed by atoms with van der Waals surface area (Å²) in [5, 5.41) is 15.5. The molecule has 1 aliphatic rings. The quantitative estimate of drug-likeness (QED) is 0.401. The van der Waals surface area contributed by atoms with Gasteiger partial charge in [0.1, 0.15) is 0 Å². The summed E-state index contributed by atoms with van der Waals surface area (Å²) in [6.45, 7) is 1.90. The van der Waals surface area contributed by atoms with Gasteiger partial charge in [-0.1, -0.05) is 29.8 Å². The van der Waals surface area contributed by atoms with E-state index in [9.17, 15) is 19.5 Å². The summed E-state index contributed by atoms with van der Waals surface area (Å²) in [5.74, 6) is -2.47. The molecule has 2 amide bonds. The summed E-state index contributed by atoms with van der Waals surface area (Å²) >= 11 is 7.45. The number of anilines is 2. The Labute approximate surface area is 190 Å². The zero-order valence-corrected chi connectivity index (χ0v) is 18.5. The van der Waals surface area contributed by atoms with Crippen molar-refractivity contribution >= 4 is 52.5 Å². The number of hydrogen-bond acceptors (Lipinski definition) is 4. The van der Waals surface area contributed by atoms with Crippen LogP contribution in [0.2, 0.25) is 5.02 Å². The van der Waals surface area contributed by atoms with E-state index in [1.807, 2.05) is 31.2 Å². The van der Waals surface area contributed by atoms with E-state index in [0.717, 1.165) is 10.5 Å². The number of aryl methyl sites for hydroxylation is 1. The highest BCUT2D eigenvalue weighted by Gasteiger charge is 2.33. The third kappa shape index (κ3) is 6.35. The number of allylic oxidation sites excluding steroid dienone is 2. The second-order valence-electron chi connectivity index (χ2n) is 7.31. The highest BCUT2D eigenvalue weighted by Crippen LogP contribution is 2.28. The largest absolute Gasteiger partial charge is 0.481 e. The first-order valence-electron chi connectivity index (χ1n) is 9.81. The summed E-state index contributed by atoms with van der Waals surface area (Å²) in [6.07, 6.45) is 4.43.